The summed E-state index contributed by atoms with van der Waals surface area (Å²) in [5, 5.41) is 0. The molecule has 0 bridgehead atoms. The lowest BCUT2D eigenvalue weighted by atomic mass is 9.96. The van der Waals surface area contributed by atoms with E-state index < -0.39 is 0 Å². The first kappa shape index (κ1) is 15.5. The predicted octanol–water partition coefficient (Wildman–Crippen LogP) is 2.72. The molecule has 1 atom stereocenters. The molecule has 0 aromatic heterocycles. The quantitative estimate of drug-likeness (QED) is 0.804. The maximum atomic E-state index is 12.7. The van der Waals surface area contributed by atoms with Crippen molar-refractivity contribution in [2.45, 2.75) is 33.6 Å². The highest BCUT2D eigenvalue weighted by molar-refractivity contribution is 5.96. The van der Waals surface area contributed by atoms with Gasteiger partial charge in [0.15, 0.2) is 0 Å². The molecule has 1 amide bonds. The largest absolute Gasteiger partial charge is 0.466 e. The molecule has 1 aliphatic heterocycles. The lowest BCUT2D eigenvalue weighted by Crippen LogP contribution is -2.43. The molecule has 0 N–H and O–H groups in total. The van der Waals surface area contributed by atoms with E-state index in [-0.39, 0.29) is 17.8 Å². The first-order chi connectivity index (χ1) is 10.0. The van der Waals surface area contributed by atoms with Gasteiger partial charge in [0, 0.05) is 18.7 Å². The summed E-state index contributed by atoms with van der Waals surface area (Å²) in [6, 6.07) is 5.77. The second kappa shape index (κ2) is 6.74. The Bertz CT molecular complexity index is 539. The lowest BCUT2D eigenvalue weighted by Gasteiger charge is -2.32. The van der Waals surface area contributed by atoms with E-state index in [0.29, 0.717) is 19.7 Å². The van der Waals surface area contributed by atoms with Crippen LogP contribution in [0.25, 0.3) is 0 Å². The van der Waals surface area contributed by atoms with E-state index >= 15 is 0 Å². The Morgan fingerprint density at radius 2 is 2.10 bits per heavy atom. The van der Waals surface area contributed by atoms with E-state index in [2.05, 4.69) is 0 Å². The number of hydrogen-bond donors (Lipinski definition) is 0. The van der Waals surface area contributed by atoms with Gasteiger partial charge >= 0.3 is 5.97 Å². The van der Waals surface area contributed by atoms with Crippen molar-refractivity contribution in [2.24, 2.45) is 5.92 Å². The van der Waals surface area contributed by atoms with Crippen LogP contribution < -0.4 is 0 Å². The highest BCUT2D eigenvalue weighted by Gasteiger charge is 2.30. The maximum absolute atomic E-state index is 12.7. The van der Waals surface area contributed by atoms with Crippen LogP contribution in [-0.2, 0) is 9.53 Å². The first-order valence-electron chi connectivity index (χ1n) is 7.56. The van der Waals surface area contributed by atoms with Crippen LogP contribution in [0.1, 0.15) is 41.3 Å². The van der Waals surface area contributed by atoms with E-state index in [0.717, 1.165) is 29.5 Å². The zero-order chi connectivity index (χ0) is 15.4. The van der Waals surface area contributed by atoms with Crippen LogP contribution in [0.15, 0.2) is 18.2 Å². The van der Waals surface area contributed by atoms with Crippen molar-refractivity contribution in [3.63, 3.8) is 0 Å². The number of carbonyl (C=O) groups excluding carboxylic acids is 2. The van der Waals surface area contributed by atoms with Crippen molar-refractivity contribution >= 4 is 11.9 Å². The summed E-state index contributed by atoms with van der Waals surface area (Å²) >= 11 is 0. The number of carbonyl (C=O) groups is 2. The molecule has 2 rings (SSSR count). The minimum atomic E-state index is -0.187. The van der Waals surface area contributed by atoms with Crippen molar-refractivity contribution < 1.29 is 14.3 Å². The van der Waals surface area contributed by atoms with Gasteiger partial charge < -0.3 is 9.64 Å². The number of benzene rings is 1. The standard InChI is InChI=1S/C17H23NO3/c1-4-21-17(20)14-8-6-10-18(11-14)16(19)15-9-5-7-12(2)13(15)3/h5,7,9,14H,4,6,8,10-11H2,1-3H3. The van der Waals surface area contributed by atoms with Crippen LogP contribution in [0.2, 0.25) is 0 Å². The molecule has 0 radical (unpaired) electrons. The number of aryl methyl sites for hydroxylation is 1. The van der Waals surface area contributed by atoms with E-state index in [1.807, 2.05) is 32.0 Å². The summed E-state index contributed by atoms with van der Waals surface area (Å²) in [4.78, 5) is 26.3. The predicted molar refractivity (Wildman–Crippen MR) is 81.2 cm³/mol. The van der Waals surface area contributed by atoms with Crippen molar-refractivity contribution in [1.29, 1.82) is 0 Å². The summed E-state index contributed by atoms with van der Waals surface area (Å²) < 4.78 is 5.08. The fourth-order valence-corrected chi connectivity index (χ4v) is 2.77. The molecular weight excluding hydrogens is 266 g/mol. The van der Waals surface area contributed by atoms with Gasteiger partial charge in [-0.15, -0.1) is 0 Å². The molecular formula is C17H23NO3. The Morgan fingerprint density at radius 1 is 1.33 bits per heavy atom. The Kier molecular flexibility index (Phi) is 4.99. The summed E-state index contributed by atoms with van der Waals surface area (Å²) in [5.41, 5.74) is 2.86. The second-order valence-electron chi connectivity index (χ2n) is 5.59. The lowest BCUT2D eigenvalue weighted by molar-refractivity contribution is -0.149. The number of rotatable bonds is 3. The molecule has 21 heavy (non-hydrogen) atoms. The van der Waals surface area contributed by atoms with Gasteiger partial charge in [-0.05, 0) is 50.8 Å². The number of likely N-dealkylation sites (tertiary alicyclic amines) is 1. The summed E-state index contributed by atoms with van der Waals surface area (Å²) in [5.74, 6) is -0.353. The number of amides is 1. The SMILES string of the molecule is CCOC(=O)C1CCCN(C(=O)c2cccc(C)c2C)C1. The third-order valence-corrected chi connectivity index (χ3v) is 4.16. The third kappa shape index (κ3) is 3.43. The Hall–Kier alpha value is -1.84. The number of piperidine rings is 1. The molecule has 0 aliphatic carbocycles. The molecule has 1 heterocycles. The molecule has 1 aromatic rings. The normalized spacial score (nSPS) is 18.4. The summed E-state index contributed by atoms with van der Waals surface area (Å²) in [6.45, 7) is 7.34. The topological polar surface area (TPSA) is 46.6 Å². The second-order valence-corrected chi connectivity index (χ2v) is 5.59. The zero-order valence-corrected chi connectivity index (χ0v) is 13.0. The van der Waals surface area contributed by atoms with E-state index in [1.165, 1.54) is 0 Å². The van der Waals surface area contributed by atoms with Gasteiger partial charge in [0.1, 0.15) is 0 Å². The molecule has 1 fully saturated rings. The fourth-order valence-electron chi connectivity index (χ4n) is 2.77. The molecule has 1 saturated heterocycles. The van der Waals surface area contributed by atoms with Crippen molar-refractivity contribution in [2.75, 3.05) is 19.7 Å². The molecule has 4 nitrogen and oxygen atoms in total. The maximum Gasteiger partial charge on any atom is 0.310 e. The van der Waals surface area contributed by atoms with E-state index in [9.17, 15) is 9.59 Å². The summed E-state index contributed by atoms with van der Waals surface area (Å²) in [6.07, 6.45) is 1.65. The smallest absolute Gasteiger partial charge is 0.310 e. The van der Waals surface area contributed by atoms with Gasteiger partial charge in [0.05, 0.1) is 12.5 Å². The molecule has 1 aromatic carbocycles. The van der Waals surface area contributed by atoms with Crippen molar-refractivity contribution in [3.8, 4) is 0 Å². The highest BCUT2D eigenvalue weighted by Crippen LogP contribution is 2.22. The zero-order valence-electron chi connectivity index (χ0n) is 13.0. The number of hydrogen-bond acceptors (Lipinski definition) is 3. The van der Waals surface area contributed by atoms with Gasteiger partial charge in [-0.3, -0.25) is 9.59 Å². The summed E-state index contributed by atoms with van der Waals surface area (Å²) in [7, 11) is 0. The average Bonchev–Trinajstić information content (AvgIpc) is 2.50. The Labute approximate surface area is 126 Å². The van der Waals surface area contributed by atoms with Gasteiger partial charge in [-0.1, -0.05) is 12.1 Å². The number of esters is 1. The van der Waals surface area contributed by atoms with Gasteiger partial charge in [0.2, 0.25) is 0 Å². The van der Waals surface area contributed by atoms with Crippen LogP contribution >= 0.6 is 0 Å². The number of nitrogens with zero attached hydrogens (tertiary/aromatic N) is 1. The monoisotopic (exact) mass is 289 g/mol. The van der Waals surface area contributed by atoms with Gasteiger partial charge in [0.25, 0.3) is 5.91 Å². The molecule has 1 unspecified atom stereocenters. The van der Waals surface area contributed by atoms with Crippen LogP contribution in [-0.4, -0.2) is 36.5 Å². The van der Waals surface area contributed by atoms with Crippen molar-refractivity contribution in [1.82, 2.24) is 4.90 Å². The van der Waals surface area contributed by atoms with Crippen molar-refractivity contribution in [3.05, 3.63) is 34.9 Å². The van der Waals surface area contributed by atoms with Crippen LogP contribution in [0.3, 0.4) is 0 Å². The minimum absolute atomic E-state index is 0.0187. The Balaban J connectivity index is 2.12. The highest BCUT2D eigenvalue weighted by atomic mass is 16.5. The van der Waals surface area contributed by atoms with E-state index in [1.54, 1.807) is 11.8 Å². The van der Waals surface area contributed by atoms with Crippen LogP contribution in [0.4, 0.5) is 0 Å². The van der Waals surface area contributed by atoms with Crippen LogP contribution in [0.5, 0.6) is 0 Å². The van der Waals surface area contributed by atoms with Crippen LogP contribution in [0, 0.1) is 19.8 Å². The Morgan fingerprint density at radius 3 is 2.81 bits per heavy atom. The number of ether oxygens (including phenoxy) is 1. The first-order valence-corrected chi connectivity index (χ1v) is 7.56. The molecule has 0 spiro atoms. The average molecular weight is 289 g/mol. The van der Waals surface area contributed by atoms with Gasteiger partial charge in [-0.2, -0.15) is 0 Å². The molecule has 1 aliphatic rings. The molecule has 0 saturated carbocycles. The fraction of sp³-hybridized carbons (Fsp3) is 0.529. The van der Waals surface area contributed by atoms with Gasteiger partial charge in [-0.25, -0.2) is 0 Å². The molecule has 114 valence electrons. The third-order valence-electron chi connectivity index (χ3n) is 4.16. The minimum Gasteiger partial charge on any atom is -0.466 e. The molecule has 4 heteroatoms. The van der Waals surface area contributed by atoms with E-state index in [4.69, 9.17) is 4.74 Å².